The van der Waals surface area contributed by atoms with Crippen molar-refractivity contribution >= 4 is 11.7 Å². The molecule has 1 aliphatic rings. The molecule has 0 radical (unpaired) electrons. The van der Waals surface area contributed by atoms with Crippen LogP contribution in [0.15, 0.2) is 24.3 Å². The fourth-order valence-electron chi connectivity index (χ4n) is 2.68. The Morgan fingerprint density at radius 1 is 1.50 bits per heavy atom. The zero-order valence-electron chi connectivity index (χ0n) is 11.7. The van der Waals surface area contributed by atoms with Crippen molar-refractivity contribution in [3.63, 3.8) is 0 Å². The minimum absolute atomic E-state index is 0.0992. The van der Waals surface area contributed by atoms with Gasteiger partial charge in [0.1, 0.15) is 0 Å². The first-order valence-corrected chi connectivity index (χ1v) is 6.93. The first-order valence-electron chi connectivity index (χ1n) is 6.93. The zero-order valence-corrected chi connectivity index (χ0v) is 11.7. The number of hydrogen-bond donors (Lipinski definition) is 2. The van der Waals surface area contributed by atoms with E-state index in [0.29, 0.717) is 23.7 Å². The van der Waals surface area contributed by atoms with Crippen LogP contribution in [0.5, 0.6) is 0 Å². The number of urea groups is 1. The Morgan fingerprint density at radius 3 is 2.80 bits per heavy atom. The molecule has 3 N–H and O–H groups in total. The summed E-state index contributed by atoms with van der Waals surface area (Å²) in [5.41, 5.74) is 7.07. The molecule has 2 unspecified atom stereocenters. The molecule has 5 heteroatoms. The van der Waals surface area contributed by atoms with Gasteiger partial charge in [-0.05, 0) is 43.0 Å². The molecule has 1 aliphatic heterocycles. The lowest BCUT2D eigenvalue weighted by Gasteiger charge is -2.39. The van der Waals surface area contributed by atoms with Crippen molar-refractivity contribution in [3.05, 3.63) is 29.8 Å². The molecule has 1 fully saturated rings. The number of anilines is 1. The number of piperidine rings is 1. The number of nitrogens with one attached hydrogen (secondary N) is 1. The van der Waals surface area contributed by atoms with E-state index < -0.39 is 0 Å². The molecule has 0 bridgehead atoms. The first kappa shape index (κ1) is 14.4. The third kappa shape index (κ3) is 3.09. The van der Waals surface area contributed by atoms with E-state index in [1.165, 1.54) is 0 Å². The van der Waals surface area contributed by atoms with Gasteiger partial charge in [0.15, 0.2) is 0 Å². The number of carbonyl (C=O) groups is 1. The highest BCUT2D eigenvalue weighted by molar-refractivity contribution is 5.89. The number of nitrogens with two attached hydrogens (primary N) is 1. The Bertz CT molecular complexity index is 506. The lowest BCUT2D eigenvalue weighted by Crippen LogP contribution is -2.52. The van der Waals surface area contributed by atoms with E-state index >= 15 is 0 Å². The fourth-order valence-corrected chi connectivity index (χ4v) is 2.68. The molecule has 1 saturated heterocycles. The molecule has 0 saturated carbocycles. The molecular formula is C15H20N4O. The van der Waals surface area contributed by atoms with Gasteiger partial charge in [-0.1, -0.05) is 6.92 Å². The number of nitrogens with zero attached hydrogens (tertiary/aromatic N) is 2. The van der Waals surface area contributed by atoms with Crippen LogP contribution in [0.1, 0.15) is 25.3 Å². The highest BCUT2D eigenvalue weighted by Gasteiger charge is 2.30. The summed E-state index contributed by atoms with van der Waals surface area (Å²) < 4.78 is 0. The van der Waals surface area contributed by atoms with Gasteiger partial charge in [-0.15, -0.1) is 0 Å². The van der Waals surface area contributed by atoms with Crippen LogP contribution in [-0.4, -0.2) is 30.1 Å². The third-order valence-electron chi connectivity index (χ3n) is 3.88. The van der Waals surface area contributed by atoms with E-state index in [-0.39, 0.29) is 12.1 Å². The molecule has 5 nitrogen and oxygen atoms in total. The number of rotatable bonds is 2. The summed E-state index contributed by atoms with van der Waals surface area (Å²) in [5.74, 6) is 0.431. The Hall–Kier alpha value is -2.06. The van der Waals surface area contributed by atoms with Gasteiger partial charge in [-0.3, -0.25) is 0 Å². The van der Waals surface area contributed by atoms with Crippen molar-refractivity contribution in [3.8, 4) is 6.07 Å². The van der Waals surface area contributed by atoms with Gasteiger partial charge in [0, 0.05) is 24.8 Å². The largest absolute Gasteiger partial charge is 0.328 e. The summed E-state index contributed by atoms with van der Waals surface area (Å²) in [5, 5.41) is 11.6. The Morgan fingerprint density at radius 2 is 2.20 bits per heavy atom. The molecule has 0 aliphatic carbocycles. The Kier molecular flexibility index (Phi) is 4.59. The van der Waals surface area contributed by atoms with Crippen molar-refractivity contribution in [1.29, 1.82) is 5.26 Å². The maximum atomic E-state index is 12.3. The standard InChI is InChI=1S/C15H20N4O/c1-11-3-2-8-19(14(11)10-17)15(20)18-13-6-4-12(9-16)5-7-13/h4-7,11,14H,2-3,8,10,17H2,1H3,(H,18,20). The highest BCUT2D eigenvalue weighted by atomic mass is 16.2. The van der Waals surface area contributed by atoms with Gasteiger partial charge in [-0.2, -0.15) is 5.26 Å². The fraction of sp³-hybridized carbons (Fsp3) is 0.467. The average molecular weight is 272 g/mol. The van der Waals surface area contributed by atoms with E-state index in [0.717, 1.165) is 19.4 Å². The number of benzene rings is 1. The van der Waals surface area contributed by atoms with E-state index in [2.05, 4.69) is 18.3 Å². The predicted molar refractivity (Wildman–Crippen MR) is 78.1 cm³/mol. The van der Waals surface area contributed by atoms with Gasteiger partial charge < -0.3 is 16.0 Å². The van der Waals surface area contributed by atoms with E-state index in [9.17, 15) is 4.79 Å². The maximum Gasteiger partial charge on any atom is 0.322 e. The molecule has 20 heavy (non-hydrogen) atoms. The molecule has 106 valence electrons. The monoisotopic (exact) mass is 272 g/mol. The van der Waals surface area contributed by atoms with Crippen LogP contribution >= 0.6 is 0 Å². The van der Waals surface area contributed by atoms with Gasteiger partial charge in [0.05, 0.1) is 11.6 Å². The molecule has 0 spiro atoms. The van der Waals surface area contributed by atoms with Crippen LogP contribution in [0.25, 0.3) is 0 Å². The van der Waals surface area contributed by atoms with Gasteiger partial charge in [0.2, 0.25) is 0 Å². The second kappa shape index (κ2) is 6.40. The van der Waals surface area contributed by atoms with E-state index in [1.54, 1.807) is 24.3 Å². The quantitative estimate of drug-likeness (QED) is 0.865. The average Bonchev–Trinajstić information content (AvgIpc) is 2.47. The summed E-state index contributed by atoms with van der Waals surface area (Å²) in [6, 6.07) is 8.89. The summed E-state index contributed by atoms with van der Waals surface area (Å²) in [4.78, 5) is 14.2. The normalized spacial score (nSPS) is 22.1. The summed E-state index contributed by atoms with van der Waals surface area (Å²) >= 11 is 0. The number of carbonyl (C=O) groups excluding carboxylic acids is 1. The molecule has 2 rings (SSSR count). The summed E-state index contributed by atoms with van der Waals surface area (Å²) in [6.07, 6.45) is 2.13. The minimum atomic E-state index is -0.114. The number of likely N-dealkylation sites (tertiary alicyclic amines) is 1. The van der Waals surface area contributed by atoms with Gasteiger partial charge in [-0.25, -0.2) is 4.79 Å². The van der Waals surface area contributed by atoms with Crippen LogP contribution in [-0.2, 0) is 0 Å². The molecular weight excluding hydrogens is 252 g/mol. The first-order chi connectivity index (χ1) is 9.65. The summed E-state index contributed by atoms with van der Waals surface area (Å²) in [6.45, 7) is 3.37. The van der Waals surface area contributed by atoms with Gasteiger partial charge in [0.25, 0.3) is 0 Å². The smallest absolute Gasteiger partial charge is 0.322 e. The second-order valence-electron chi connectivity index (χ2n) is 5.24. The molecule has 1 heterocycles. The van der Waals surface area contributed by atoms with E-state index in [1.807, 2.05) is 4.90 Å². The lowest BCUT2D eigenvalue weighted by atomic mass is 9.91. The molecule has 2 amide bonds. The molecule has 1 aromatic carbocycles. The molecule has 0 aromatic heterocycles. The van der Waals surface area contributed by atoms with Crippen LogP contribution in [0.2, 0.25) is 0 Å². The summed E-state index contributed by atoms with van der Waals surface area (Å²) in [7, 11) is 0. The lowest BCUT2D eigenvalue weighted by molar-refractivity contribution is 0.133. The van der Waals surface area contributed by atoms with Crippen molar-refractivity contribution < 1.29 is 4.79 Å². The highest BCUT2D eigenvalue weighted by Crippen LogP contribution is 2.23. The predicted octanol–water partition coefficient (Wildman–Crippen LogP) is 2.15. The van der Waals surface area contributed by atoms with Crippen LogP contribution in [0.3, 0.4) is 0 Å². The molecule has 1 aromatic rings. The maximum absolute atomic E-state index is 12.3. The van der Waals surface area contributed by atoms with E-state index in [4.69, 9.17) is 11.0 Å². The van der Waals surface area contributed by atoms with Crippen LogP contribution in [0, 0.1) is 17.2 Å². The van der Waals surface area contributed by atoms with Crippen molar-refractivity contribution in [1.82, 2.24) is 4.90 Å². The number of hydrogen-bond acceptors (Lipinski definition) is 3. The number of nitriles is 1. The van der Waals surface area contributed by atoms with Crippen LogP contribution < -0.4 is 11.1 Å². The Balaban J connectivity index is 2.04. The topological polar surface area (TPSA) is 82.2 Å². The van der Waals surface area contributed by atoms with Crippen LogP contribution in [0.4, 0.5) is 10.5 Å². The zero-order chi connectivity index (χ0) is 14.5. The van der Waals surface area contributed by atoms with Crippen molar-refractivity contribution in [2.75, 3.05) is 18.4 Å². The number of amides is 2. The Labute approximate surface area is 119 Å². The minimum Gasteiger partial charge on any atom is -0.328 e. The third-order valence-corrected chi connectivity index (χ3v) is 3.88. The SMILES string of the molecule is CC1CCCN(C(=O)Nc2ccc(C#N)cc2)C1CN. The van der Waals surface area contributed by atoms with Crippen molar-refractivity contribution in [2.45, 2.75) is 25.8 Å². The van der Waals surface area contributed by atoms with Crippen molar-refractivity contribution in [2.24, 2.45) is 11.7 Å². The molecule has 2 atom stereocenters. The van der Waals surface area contributed by atoms with Gasteiger partial charge >= 0.3 is 6.03 Å². The second-order valence-corrected chi connectivity index (χ2v) is 5.24.